The van der Waals surface area contributed by atoms with Gasteiger partial charge in [0.15, 0.2) is 0 Å². The molecule has 1 heterocycles. The number of rotatable bonds is 6. The van der Waals surface area contributed by atoms with Gasteiger partial charge in [-0.1, -0.05) is 36.2 Å². The molecular weight excluding hydrogens is 281 g/mol. The van der Waals surface area contributed by atoms with Gasteiger partial charge in [-0.25, -0.2) is 0 Å². The lowest BCUT2D eigenvalue weighted by Crippen LogP contribution is -2.24. The fourth-order valence-electron chi connectivity index (χ4n) is 2.07. The fraction of sp³-hybridized carbons (Fsp3) is 0.333. The summed E-state index contributed by atoms with van der Waals surface area (Å²) in [5, 5.41) is 4.85. The molecule has 1 aromatic heterocycles. The summed E-state index contributed by atoms with van der Waals surface area (Å²) in [7, 11) is 0. The summed E-state index contributed by atoms with van der Waals surface area (Å²) >= 11 is 12.6. The SMILES string of the molecule is CCCNC(Cc1ccco1)c1c(Cl)cccc1Cl. The first-order valence-electron chi connectivity index (χ1n) is 6.42. The van der Waals surface area contributed by atoms with Crippen molar-refractivity contribution in [3.63, 3.8) is 0 Å². The van der Waals surface area contributed by atoms with Crippen LogP contribution in [0.2, 0.25) is 10.0 Å². The summed E-state index contributed by atoms with van der Waals surface area (Å²) in [6.45, 7) is 3.04. The monoisotopic (exact) mass is 297 g/mol. The van der Waals surface area contributed by atoms with Gasteiger partial charge in [-0.05, 0) is 37.2 Å². The Morgan fingerprint density at radius 2 is 1.89 bits per heavy atom. The number of hydrogen-bond donors (Lipinski definition) is 1. The Balaban J connectivity index is 2.26. The Morgan fingerprint density at radius 1 is 1.16 bits per heavy atom. The smallest absolute Gasteiger partial charge is 0.105 e. The predicted molar refractivity (Wildman–Crippen MR) is 79.9 cm³/mol. The van der Waals surface area contributed by atoms with Crippen molar-refractivity contribution in [2.75, 3.05) is 6.54 Å². The summed E-state index contributed by atoms with van der Waals surface area (Å²) in [6.07, 6.45) is 3.47. The maximum atomic E-state index is 6.29. The minimum atomic E-state index is 0.0623. The molecule has 102 valence electrons. The zero-order valence-electron chi connectivity index (χ0n) is 10.8. The molecule has 0 bridgehead atoms. The van der Waals surface area contributed by atoms with Crippen LogP contribution in [0.15, 0.2) is 41.0 Å². The van der Waals surface area contributed by atoms with E-state index in [1.807, 2.05) is 30.3 Å². The van der Waals surface area contributed by atoms with Gasteiger partial charge >= 0.3 is 0 Å². The van der Waals surface area contributed by atoms with E-state index in [2.05, 4.69) is 12.2 Å². The van der Waals surface area contributed by atoms with Gasteiger partial charge in [0.2, 0.25) is 0 Å². The van der Waals surface area contributed by atoms with Crippen LogP contribution in [-0.4, -0.2) is 6.54 Å². The highest BCUT2D eigenvalue weighted by Gasteiger charge is 2.18. The van der Waals surface area contributed by atoms with Crippen molar-refractivity contribution in [2.45, 2.75) is 25.8 Å². The lowest BCUT2D eigenvalue weighted by molar-refractivity contribution is 0.449. The van der Waals surface area contributed by atoms with E-state index in [1.165, 1.54) is 0 Å². The Morgan fingerprint density at radius 3 is 2.47 bits per heavy atom. The number of benzene rings is 1. The quantitative estimate of drug-likeness (QED) is 0.823. The molecule has 0 spiro atoms. The number of nitrogens with one attached hydrogen (secondary N) is 1. The van der Waals surface area contributed by atoms with Crippen molar-refractivity contribution in [3.05, 3.63) is 58.0 Å². The van der Waals surface area contributed by atoms with Crippen molar-refractivity contribution in [3.8, 4) is 0 Å². The van der Waals surface area contributed by atoms with E-state index < -0.39 is 0 Å². The van der Waals surface area contributed by atoms with Gasteiger partial charge in [-0.2, -0.15) is 0 Å². The third kappa shape index (κ3) is 3.75. The van der Waals surface area contributed by atoms with Crippen LogP contribution in [0.4, 0.5) is 0 Å². The molecule has 2 rings (SSSR count). The first kappa shape index (κ1) is 14.4. The molecule has 0 radical (unpaired) electrons. The van der Waals surface area contributed by atoms with Crippen LogP contribution < -0.4 is 5.32 Å². The van der Waals surface area contributed by atoms with Gasteiger partial charge in [0.05, 0.1) is 6.26 Å². The maximum absolute atomic E-state index is 6.29. The van der Waals surface area contributed by atoms with Gasteiger partial charge in [-0.3, -0.25) is 0 Å². The van der Waals surface area contributed by atoms with E-state index in [4.69, 9.17) is 27.6 Å². The van der Waals surface area contributed by atoms with Crippen molar-refractivity contribution in [1.82, 2.24) is 5.32 Å². The molecule has 0 saturated heterocycles. The molecule has 0 aliphatic carbocycles. The lowest BCUT2D eigenvalue weighted by atomic mass is 10.0. The molecule has 19 heavy (non-hydrogen) atoms. The van der Waals surface area contributed by atoms with Crippen LogP contribution in [-0.2, 0) is 6.42 Å². The molecule has 1 aromatic carbocycles. The van der Waals surface area contributed by atoms with Gasteiger partial charge in [0.25, 0.3) is 0 Å². The summed E-state index contributed by atoms with van der Waals surface area (Å²) in [5.41, 5.74) is 0.940. The Hall–Kier alpha value is -0.960. The molecule has 2 aromatic rings. The highest BCUT2D eigenvalue weighted by atomic mass is 35.5. The largest absolute Gasteiger partial charge is 0.469 e. The predicted octanol–water partition coefficient (Wildman–Crippen LogP) is 4.87. The van der Waals surface area contributed by atoms with Crippen LogP contribution in [0, 0.1) is 0 Å². The topological polar surface area (TPSA) is 25.2 Å². The molecule has 0 fully saturated rings. The summed E-state index contributed by atoms with van der Waals surface area (Å²) in [6, 6.07) is 9.51. The van der Waals surface area contributed by atoms with Crippen molar-refractivity contribution in [2.24, 2.45) is 0 Å². The molecule has 2 nitrogen and oxygen atoms in total. The van der Waals surface area contributed by atoms with Crippen molar-refractivity contribution < 1.29 is 4.42 Å². The summed E-state index contributed by atoms with van der Waals surface area (Å²) in [4.78, 5) is 0. The first-order valence-corrected chi connectivity index (χ1v) is 7.17. The third-order valence-electron chi connectivity index (χ3n) is 2.97. The second-order valence-corrected chi connectivity index (χ2v) is 5.24. The third-order valence-corrected chi connectivity index (χ3v) is 3.63. The molecule has 0 aliphatic heterocycles. The maximum Gasteiger partial charge on any atom is 0.105 e. The molecule has 1 N–H and O–H groups in total. The van der Waals surface area contributed by atoms with Gasteiger partial charge in [-0.15, -0.1) is 0 Å². The Kier molecular flexibility index (Phi) is 5.32. The zero-order valence-corrected chi connectivity index (χ0v) is 12.3. The van der Waals surface area contributed by atoms with Gasteiger partial charge < -0.3 is 9.73 Å². The molecular formula is C15H17Cl2NO. The molecule has 1 unspecified atom stereocenters. The van der Waals surface area contributed by atoms with Crippen LogP contribution in [0.25, 0.3) is 0 Å². The molecule has 0 saturated carbocycles. The highest BCUT2D eigenvalue weighted by Crippen LogP contribution is 2.32. The van der Waals surface area contributed by atoms with Gasteiger partial charge in [0, 0.05) is 28.1 Å². The second kappa shape index (κ2) is 6.99. The van der Waals surface area contributed by atoms with Crippen LogP contribution >= 0.6 is 23.2 Å². The van der Waals surface area contributed by atoms with Crippen molar-refractivity contribution >= 4 is 23.2 Å². The zero-order chi connectivity index (χ0) is 13.7. The van der Waals surface area contributed by atoms with Crippen LogP contribution in [0.3, 0.4) is 0 Å². The normalized spacial score (nSPS) is 12.6. The highest BCUT2D eigenvalue weighted by molar-refractivity contribution is 6.36. The van der Waals surface area contributed by atoms with Crippen LogP contribution in [0.1, 0.15) is 30.7 Å². The second-order valence-electron chi connectivity index (χ2n) is 4.43. The standard InChI is InChI=1S/C15H17Cl2NO/c1-2-8-18-14(10-11-5-4-9-19-11)15-12(16)6-3-7-13(15)17/h3-7,9,14,18H,2,8,10H2,1H3. The minimum Gasteiger partial charge on any atom is -0.469 e. The molecule has 1 atom stereocenters. The molecule has 0 aliphatic rings. The number of halogens is 2. The van der Waals surface area contributed by atoms with Crippen LogP contribution in [0.5, 0.6) is 0 Å². The van der Waals surface area contributed by atoms with E-state index in [0.717, 1.165) is 30.7 Å². The first-order chi connectivity index (χ1) is 9.22. The average Bonchev–Trinajstić information content (AvgIpc) is 2.88. The van der Waals surface area contributed by atoms with E-state index in [0.29, 0.717) is 10.0 Å². The van der Waals surface area contributed by atoms with E-state index >= 15 is 0 Å². The average molecular weight is 298 g/mol. The summed E-state index contributed by atoms with van der Waals surface area (Å²) in [5.74, 6) is 0.921. The van der Waals surface area contributed by atoms with Crippen molar-refractivity contribution in [1.29, 1.82) is 0 Å². The molecule has 0 amide bonds. The Labute approximate surface area is 123 Å². The number of hydrogen-bond acceptors (Lipinski definition) is 2. The van der Waals surface area contributed by atoms with E-state index in [-0.39, 0.29) is 6.04 Å². The van der Waals surface area contributed by atoms with E-state index in [9.17, 15) is 0 Å². The number of furan rings is 1. The lowest BCUT2D eigenvalue weighted by Gasteiger charge is -2.20. The fourth-order valence-corrected chi connectivity index (χ4v) is 2.73. The van der Waals surface area contributed by atoms with Gasteiger partial charge in [0.1, 0.15) is 5.76 Å². The summed E-state index contributed by atoms with van der Waals surface area (Å²) < 4.78 is 5.42. The molecule has 4 heteroatoms. The minimum absolute atomic E-state index is 0.0623. The van der Waals surface area contributed by atoms with E-state index in [1.54, 1.807) is 6.26 Å². The Bertz CT molecular complexity index is 491.